The molecule has 1 unspecified atom stereocenters. The van der Waals surface area contributed by atoms with Gasteiger partial charge in [0.15, 0.2) is 0 Å². The van der Waals surface area contributed by atoms with Crippen LogP contribution in [0.3, 0.4) is 0 Å². The molecule has 158 valence electrons. The highest BCUT2D eigenvalue weighted by molar-refractivity contribution is 6.61. The van der Waals surface area contributed by atoms with Crippen molar-refractivity contribution in [1.82, 2.24) is 0 Å². The Hall–Kier alpha value is -2.64. The molecule has 0 aromatic heterocycles. The highest BCUT2D eigenvalue weighted by Crippen LogP contribution is 2.58. The molecule has 1 heteroatoms. The van der Waals surface area contributed by atoms with Crippen molar-refractivity contribution in [3.63, 3.8) is 0 Å². The summed E-state index contributed by atoms with van der Waals surface area (Å²) in [6.45, 7) is 13.7. The molecule has 1 aliphatic carbocycles. The zero-order valence-corrected chi connectivity index (χ0v) is 21.3. The van der Waals surface area contributed by atoms with Gasteiger partial charge in [-0.05, 0) is 75.8 Å². The average Bonchev–Trinajstić information content (AvgIpc) is 2.90. The Labute approximate surface area is 190 Å². The first-order valence-electron chi connectivity index (χ1n) is 11.4. The monoisotopic (exact) mass is 422 g/mol. The minimum Gasteiger partial charge on any atom is -0.0650 e. The largest absolute Gasteiger partial charge is 0.0718 e. The lowest BCUT2D eigenvalue weighted by atomic mass is 9.84. The van der Waals surface area contributed by atoms with Gasteiger partial charge < -0.3 is 0 Å². The zero-order chi connectivity index (χ0) is 22.2. The summed E-state index contributed by atoms with van der Waals surface area (Å²) < 4.78 is 0. The Morgan fingerprint density at radius 3 is 1.87 bits per heavy atom. The van der Waals surface area contributed by atoms with Gasteiger partial charge in [0.25, 0.3) is 0 Å². The van der Waals surface area contributed by atoms with E-state index in [2.05, 4.69) is 114 Å². The summed E-state index contributed by atoms with van der Waals surface area (Å²) in [5.41, 5.74) is 13.0. The van der Waals surface area contributed by atoms with Crippen LogP contribution in [0, 0.1) is 20.8 Å². The quantitative estimate of drug-likeness (QED) is 0.405. The Morgan fingerprint density at radius 2 is 1.26 bits per heavy atom. The summed E-state index contributed by atoms with van der Waals surface area (Å²) in [5, 5.41) is 1.67. The third-order valence-electron chi connectivity index (χ3n) is 7.17. The molecule has 0 amide bonds. The highest BCUT2D eigenvalue weighted by atomic mass is 28.2. The van der Waals surface area contributed by atoms with Gasteiger partial charge in [0.1, 0.15) is 0 Å². The zero-order valence-electron chi connectivity index (χ0n) is 19.8. The van der Waals surface area contributed by atoms with E-state index in [1.165, 1.54) is 39.0 Å². The predicted molar refractivity (Wildman–Crippen MR) is 139 cm³/mol. The van der Waals surface area contributed by atoms with E-state index in [0.29, 0.717) is 0 Å². The number of hydrogen-bond donors (Lipinski definition) is 0. The fourth-order valence-electron chi connectivity index (χ4n) is 5.55. The van der Waals surface area contributed by atoms with E-state index in [1.807, 2.05) is 0 Å². The van der Waals surface area contributed by atoms with Gasteiger partial charge in [0.2, 0.25) is 0 Å². The maximum atomic E-state index is 2.44. The molecule has 0 fully saturated rings. The number of benzene rings is 3. The van der Waals surface area contributed by atoms with E-state index >= 15 is 0 Å². The molecule has 3 aromatic rings. The normalized spacial score (nSPS) is 19.2. The summed E-state index contributed by atoms with van der Waals surface area (Å²) in [6, 6.07) is 27.5. The van der Waals surface area contributed by atoms with E-state index in [-0.39, 0.29) is 5.04 Å². The van der Waals surface area contributed by atoms with Crippen LogP contribution in [-0.4, -0.2) is 9.52 Å². The van der Waals surface area contributed by atoms with Crippen molar-refractivity contribution in [3.8, 4) is 0 Å². The van der Waals surface area contributed by atoms with Crippen LogP contribution in [0.1, 0.15) is 48.6 Å². The van der Waals surface area contributed by atoms with Gasteiger partial charge in [-0.1, -0.05) is 100 Å². The predicted octanol–water partition coefficient (Wildman–Crippen LogP) is 6.63. The highest BCUT2D eigenvalue weighted by Gasteiger charge is 2.43. The van der Waals surface area contributed by atoms with Crippen molar-refractivity contribution in [3.05, 3.63) is 117 Å². The van der Waals surface area contributed by atoms with Crippen LogP contribution in [0.4, 0.5) is 0 Å². The fraction of sp³-hybridized carbons (Fsp3) is 0.267. The van der Waals surface area contributed by atoms with Crippen LogP contribution in [0.25, 0.3) is 5.57 Å². The van der Waals surface area contributed by atoms with E-state index < -0.39 is 9.52 Å². The van der Waals surface area contributed by atoms with Crippen LogP contribution in [0.5, 0.6) is 0 Å². The first kappa shape index (κ1) is 21.6. The van der Waals surface area contributed by atoms with Gasteiger partial charge >= 0.3 is 0 Å². The Balaban J connectivity index is 1.92. The minimum absolute atomic E-state index is 0.102. The first-order valence-corrected chi connectivity index (χ1v) is 12.8. The summed E-state index contributed by atoms with van der Waals surface area (Å²) in [5.74, 6) is 0. The second kappa shape index (κ2) is 8.47. The lowest BCUT2D eigenvalue weighted by Crippen LogP contribution is -2.33. The molecule has 0 spiro atoms. The van der Waals surface area contributed by atoms with Crippen LogP contribution < -0.4 is 5.19 Å². The number of allylic oxidation sites excluding steroid dienone is 4. The fourth-order valence-corrected chi connectivity index (χ4v) is 8.69. The van der Waals surface area contributed by atoms with E-state index in [1.54, 1.807) is 16.3 Å². The third-order valence-corrected chi connectivity index (χ3v) is 9.73. The van der Waals surface area contributed by atoms with Crippen molar-refractivity contribution in [1.29, 1.82) is 0 Å². The number of hydrogen-bond acceptors (Lipinski definition) is 0. The minimum atomic E-state index is -0.656. The standard InChI is InChI=1S/C30H34Si/c1-20-12-14-26(15-13-20)19-30(31-28-17-21(2)16-22(3)18-28)25(6)23(4)24(5)29(30)27-10-8-7-9-11-27/h7-18H,19,31H2,1-6H3. The number of aryl methyl sites for hydroxylation is 3. The van der Waals surface area contributed by atoms with Gasteiger partial charge in [-0.25, -0.2) is 0 Å². The molecule has 0 saturated carbocycles. The summed E-state index contributed by atoms with van der Waals surface area (Å²) in [7, 11) is -0.656. The average molecular weight is 423 g/mol. The van der Waals surface area contributed by atoms with Gasteiger partial charge in [-0.2, -0.15) is 0 Å². The van der Waals surface area contributed by atoms with E-state index in [9.17, 15) is 0 Å². The third kappa shape index (κ3) is 4.12. The van der Waals surface area contributed by atoms with Gasteiger partial charge in [-0.3, -0.25) is 0 Å². The molecule has 1 aliphatic rings. The summed E-state index contributed by atoms with van der Waals surface area (Å²) >= 11 is 0. The molecule has 0 radical (unpaired) electrons. The van der Waals surface area contributed by atoms with Crippen molar-refractivity contribution in [2.24, 2.45) is 0 Å². The maximum Gasteiger partial charge on any atom is 0.0718 e. The Kier molecular flexibility index (Phi) is 5.90. The van der Waals surface area contributed by atoms with E-state index in [4.69, 9.17) is 0 Å². The van der Waals surface area contributed by atoms with Crippen LogP contribution in [0.15, 0.2) is 89.5 Å². The molecule has 0 nitrogen and oxygen atoms in total. The molecular weight excluding hydrogens is 388 g/mol. The van der Waals surface area contributed by atoms with Crippen LogP contribution in [-0.2, 0) is 6.42 Å². The van der Waals surface area contributed by atoms with Crippen molar-refractivity contribution < 1.29 is 0 Å². The molecule has 3 aromatic carbocycles. The first-order chi connectivity index (χ1) is 14.8. The van der Waals surface area contributed by atoms with Crippen molar-refractivity contribution >= 4 is 20.3 Å². The number of rotatable bonds is 5. The molecule has 0 aliphatic heterocycles. The SMILES string of the molecule is CC1=C(C)C(Cc2ccc(C)cc2)([SiH2]c2cc(C)cc(C)c2)C(c2ccccc2)=C1C. The van der Waals surface area contributed by atoms with Crippen molar-refractivity contribution in [2.45, 2.75) is 53.0 Å². The van der Waals surface area contributed by atoms with Gasteiger partial charge in [0.05, 0.1) is 9.52 Å². The molecule has 31 heavy (non-hydrogen) atoms. The van der Waals surface area contributed by atoms with Gasteiger partial charge in [-0.15, -0.1) is 0 Å². The van der Waals surface area contributed by atoms with Gasteiger partial charge in [0, 0.05) is 5.04 Å². The maximum absolute atomic E-state index is 2.44. The van der Waals surface area contributed by atoms with Crippen LogP contribution >= 0.6 is 0 Å². The Morgan fingerprint density at radius 1 is 0.645 bits per heavy atom. The summed E-state index contributed by atoms with van der Waals surface area (Å²) in [4.78, 5) is 0. The summed E-state index contributed by atoms with van der Waals surface area (Å²) in [6.07, 6.45) is 1.08. The second-order valence-corrected chi connectivity index (χ2v) is 11.9. The van der Waals surface area contributed by atoms with Crippen LogP contribution in [0.2, 0.25) is 5.04 Å². The molecule has 0 saturated heterocycles. The molecule has 1 atom stereocenters. The van der Waals surface area contributed by atoms with Crippen molar-refractivity contribution in [2.75, 3.05) is 0 Å². The Bertz CT molecular complexity index is 1140. The lowest BCUT2D eigenvalue weighted by Gasteiger charge is -2.36. The lowest BCUT2D eigenvalue weighted by molar-refractivity contribution is 0.797. The molecule has 0 N–H and O–H groups in total. The smallest absolute Gasteiger partial charge is 0.0650 e. The second-order valence-electron chi connectivity index (χ2n) is 9.53. The van der Waals surface area contributed by atoms with E-state index in [0.717, 1.165) is 6.42 Å². The topological polar surface area (TPSA) is 0 Å². The molecule has 0 heterocycles. The molecule has 4 rings (SSSR count). The molecule has 0 bridgehead atoms. The molecular formula is C30H34Si.